The molecular formula is C18H18N4O3S. The molecule has 3 rings (SSSR count). The van der Waals surface area contributed by atoms with E-state index in [0.717, 1.165) is 16.8 Å². The summed E-state index contributed by atoms with van der Waals surface area (Å²) in [4.78, 5) is 31.1. The molecule has 0 aliphatic heterocycles. The Kier molecular flexibility index (Phi) is 5.52. The van der Waals surface area contributed by atoms with Gasteiger partial charge in [-0.05, 0) is 36.6 Å². The van der Waals surface area contributed by atoms with Crippen LogP contribution in [-0.4, -0.2) is 32.8 Å². The van der Waals surface area contributed by atoms with Gasteiger partial charge < -0.3 is 10.3 Å². The Morgan fingerprint density at radius 3 is 2.73 bits per heavy atom. The number of carbonyl (C=O) groups is 1. The highest BCUT2D eigenvalue weighted by Crippen LogP contribution is 2.23. The van der Waals surface area contributed by atoms with Gasteiger partial charge in [-0.3, -0.25) is 14.9 Å². The van der Waals surface area contributed by atoms with Gasteiger partial charge in [0.25, 0.3) is 11.6 Å². The Balaban J connectivity index is 1.89. The zero-order valence-electron chi connectivity index (χ0n) is 14.1. The molecule has 2 aromatic carbocycles. The summed E-state index contributed by atoms with van der Waals surface area (Å²) in [5.74, 6) is 0.981. The predicted octanol–water partition coefficient (Wildman–Crippen LogP) is 3.70. The second-order valence-corrected chi connectivity index (χ2v) is 6.71. The van der Waals surface area contributed by atoms with E-state index in [9.17, 15) is 14.9 Å². The molecule has 1 atom stereocenters. The first-order chi connectivity index (χ1) is 12.6. The van der Waals surface area contributed by atoms with E-state index in [0.29, 0.717) is 12.2 Å². The standard InChI is InChI=1S/C18H18N4O3S/c1-26-11-10-15(17-19-13-7-3-4-8-14(13)20-17)21-18(23)12-6-2-5-9-16(12)22(24)25/h2-9,15H,10-11H2,1H3,(H,19,20)(H,21,23)/t15-/m1/s1. The van der Waals surface area contributed by atoms with Crippen molar-refractivity contribution in [2.45, 2.75) is 12.5 Å². The maximum absolute atomic E-state index is 12.7. The largest absolute Gasteiger partial charge is 0.342 e. The highest BCUT2D eigenvalue weighted by Gasteiger charge is 2.24. The summed E-state index contributed by atoms with van der Waals surface area (Å²) < 4.78 is 0. The molecule has 0 fully saturated rings. The van der Waals surface area contributed by atoms with E-state index in [-0.39, 0.29) is 17.3 Å². The molecule has 1 amide bonds. The number of aromatic amines is 1. The number of amides is 1. The fraction of sp³-hybridized carbons (Fsp3) is 0.222. The molecule has 0 spiro atoms. The third-order valence-electron chi connectivity index (χ3n) is 4.00. The number of hydrogen-bond donors (Lipinski definition) is 2. The lowest BCUT2D eigenvalue weighted by Crippen LogP contribution is -2.30. The minimum absolute atomic E-state index is 0.0442. The minimum Gasteiger partial charge on any atom is -0.342 e. The highest BCUT2D eigenvalue weighted by molar-refractivity contribution is 7.98. The van der Waals surface area contributed by atoms with Gasteiger partial charge in [-0.1, -0.05) is 24.3 Å². The van der Waals surface area contributed by atoms with Gasteiger partial charge >= 0.3 is 0 Å². The first-order valence-corrected chi connectivity index (χ1v) is 9.47. The molecule has 134 valence electrons. The van der Waals surface area contributed by atoms with E-state index in [1.165, 1.54) is 12.1 Å². The monoisotopic (exact) mass is 370 g/mol. The number of nitrogens with zero attached hydrogens (tertiary/aromatic N) is 2. The third-order valence-corrected chi connectivity index (χ3v) is 4.64. The number of nitrogens with one attached hydrogen (secondary N) is 2. The van der Waals surface area contributed by atoms with Crippen molar-refractivity contribution in [3.8, 4) is 0 Å². The number of aromatic nitrogens is 2. The summed E-state index contributed by atoms with van der Waals surface area (Å²) in [6, 6.07) is 13.2. The number of H-pyrrole nitrogens is 1. The molecule has 0 bridgehead atoms. The fourth-order valence-electron chi connectivity index (χ4n) is 2.71. The molecule has 1 heterocycles. The van der Waals surface area contributed by atoms with Gasteiger partial charge in [0.05, 0.1) is 22.0 Å². The van der Waals surface area contributed by atoms with Crippen molar-refractivity contribution in [2.75, 3.05) is 12.0 Å². The van der Waals surface area contributed by atoms with Gasteiger partial charge in [0.2, 0.25) is 0 Å². The van der Waals surface area contributed by atoms with Crippen LogP contribution in [0.3, 0.4) is 0 Å². The Labute approximate surface area is 154 Å². The van der Waals surface area contributed by atoms with Crippen LogP contribution in [0.2, 0.25) is 0 Å². The highest BCUT2D eigenvalue weighted by atomic mass is 32.2. The van der Waals surface area contributed by atoms with Gasteiger partial charge in [-0.2, -0.15) is 11.8 Å². The van der Waals surface area contributed by atoms with Crippen molar-refractivity contribution in [3.05, 3.63) is 70.0 Å². The lowest BCUT2D eigenvalue weighted by Gasteiger charge is -2.16. The molecule has 1 aromatic heterocycles. The van der Waals surface area contributed by atoms with Crippen molar-refractivity contribution in [1.29, 1.82) is 0 Å². The van der Waals surface area contributed by atoms with Crippen molar-refractivity contribution in [2.24, 2.45) is 0 Å². The van der Waals surface area contributed by atoms with Gasteiger partial charge in [0.15, 0.2) is 0 Å². The number of imidazole rings is 1. The molecule has 0 saturated carbocycles. The van der Waals surface area contributed by atoms with Crippen LogP contribution < -0.4 is 5.32 Å². The first-order valence-electron chi connectivity index (χ1n) is 8.08. The summed E-state index contributed by atoms with van der Waals surface area (Å²) in [5, 5.41) is 14.1. The molecular weight excluding hydrogens is 352 g/mol. The van der Waals surface area contributed by atoms with Crippen LogP contribution in [0.15, 0.2) is 48.5 Å². The predicted molar refractivity (Wildman–Crippen MR) is 102 cm³/mol. The average molecular weight is 370 g/mol. The molecule has 26 heavy (non-hydrogen) atoms. The van der Waals surface area contributed by atoms with E-state index < -0.39 is 10.8 Å². The molecule has 0 radical (unpaired) electrons. The molecule has 0 aliphatic rings. The van der Waals surface area contributed by atoms with Gasteiger partial charge in [0.1, 0.15) is 11.4 Å². The van der Waals surface area contributed by atoms with E-state index in [2.05, 4.69) is 15.3 Å². The Bertz CT molecular complexity index is 908. The van der Waals surface area contributed by atoms with Crippen LogP contribution in [0.25, 0.3) is 11.0 Å². The number of nitro benzene ring substituents is 1. The number of carbonyl (C=O) groups excluding carboxylic acids is 1. The summed E-state index contributed by atoms with van der Waals surface area (Å²) in [5.41, 5.74) is 1.54. The Hall–Kier alpha value is -2.87. The van der Waals surface area contributed by atoms with Gasteiger partial charge in [0, 0.05) is 6.07 Å². The second kappa shape index (κ2) is 8.01. The number of para-hydroxylation sites is 3. The molecule has 3 aromatic rings. The topological polar surface area (TPSA) is 101 Å². The molecule has 0 aliphatic carbocycles. The van der Waals surface area contributed by atoms with E-state index in [1.54, 1.807) is 23.9 Å². The van der Waals surface area contributed by atoms with E-state index in [4.69, 9.17) is 0 Å². The summed E-state index contributed by atoms with van der Waals surface area (Å²) in [7, 11) is 0. The van der Waals surface area contributed by atoms with Crippen LogP contribution >= 0.6 is 11.8 Å². The van der Waals surface area contributed by atoms with Crippen LogP contribution in [0.1, 0.15) is 28.6 Å². The molecule has 7 nitrogen and oxygen atoms in total. The van der Waals surface area contributed by atoms with Crippen LogP contribution in [-0.2, 0) is 0 Å². The number of fused-ring (bicyclic) bond motifs is 1. The maximum Gasteiger partial charge on any atom is 0.282 e. The van der Waals surface area contributed by atoms with Crippen molar-refractivity contribution >= 4 is 34.4 Å². The second-order valence-electron chi connectivity index (χ2n) is 5.72. The van der Waals surface area contributed by atoms with Gasteiger partial charge in [-0.15, -0.1) is 0 Å². The van der Waals surface area contributed by atoms with E-state index >= 15 is 0 Å². The van der Waals surface area contributed by atoms with Gasteiger partial charge in [-0.25, -0.2) is 4.98 Å². The first kappa shape index (κ1) is 17.9. The minimum atomic E-state index is -0.549. The Morgan fingerprint density at radius 1 is 1.27 bits per heavy atom. The number of thioether (sulfide) groups is 1. The van der Waals surface area contributed by atoms with Crippen molar-refractivity contribution in [3.63, 3.8) is 0 Å². The fourth-order valence-corrected chi connectivity index (χ4v) is 3.18. The summed E-state index contributed by atoms with van der Waals surface area (Å²) in [6.07, 6.45) is 2.65. The van der Waals surface area contributed by atoms with Crippen LogP contribution in [0.4, 0.5) is 5.69 Å². The zero-order valence-corrected chi connectivity index (χ0v) is 15.0. The Morgan fingerprint density at radius 2 is 2.00 bits per heavy atom. The van der Waals surface area contributed by atoms with Crippen molar-refractivity contribution < 1.29 is 9.72 Å². The van der Waals surface area contributed by atoms with Crippen molar-refractivity contribution in [1.82, 2.24) is 15.3 Å². The summed E-state index contributed by atoms with van der Waals surface area (Å²) in [6.45, 7) is 0. The zero-order chi connectivity index (χ0) is 18.5. The maximum atomic E-state index is 12.7. The normalized spacial score (nSPS) is 12.0. The summed E-state index contributed by atoms with van der Waals surface area (Å²) >= 11 is 1.66. The molecule has 0 saturated heterocycles. The smallest absolute Gasteiger partial charge is 0.282 e. The molecule has 0 unspecified atom stereocenters. The number of rotatable bonds is 7. The molecule has 8 heteroatoms. The number of nitro groups is 1. The van der Waals surface area contributed by atoms with Crippen LogP contribution in [0.5, 0.6) is 0 Å². The van der Waals surface area contributed by atoms with E-state index in [1.807, 2.05) is 30.5 Å². The lowest BCUT2D eigenvalue weighted by molar-refractivity contribution is -0.385. The number of benzene rings is 2. The quantitative estimate of drug-likeness (QED) is 0.488. The third kappa shape index (κ3) is 3.85. The number of hydrogen-bond acceptors (Lipinski definition) is 5. The SMILES string of the molecule is CSCC[C@@H](NC(=O)c1ccccc1[N+](=O)[O-])c1nc2ccccc2[nH]1. The lowest BCUT2D eigenvalue weighted by atomic mass is 10.1. The average Bonchev–Trinajstić information content (AvgIpc) is 3.09. The van der Waals surface area contributed by atoms with Crippen LogP contribution in [0, 0.1) is 10.1 Å². The molecule has 2 N–H and O–H groups in total.